The first-order chi connectivity index (χ1) is 8.19. The fraction of sp³-hybridized carbons (Fsp3) is 0.615. The van der Waals surface area contributed by atoms with E-state index in [1.807, 2.05) is 19.2 Å². The number of pyridine rings is 1. The lowest BCUT2D eigenvalue weighted by molar-refractivity contribution is 0.307. The van der Waals surface area contributed by atoms with E-state index >= 15 is 0 Å². The van der Waals surface area contributed by atoms with Crippen LogP contribution in [0.3, 0.4) is 0 Å². The summed E-state index contributed by atoms with van der Waals surface area (Å²) in [5.41, 5.74) is 6.43. The Labute approximate surface area is 104 Å². The third-order valence-corrected chi connectivity index (χ3v) is 2.56. The standard InChI is InChI=1S/C13H23N3O/c1-4-6-9-16(3)12-8-7-11(14)13(15-12)17-10-5-2/h7-8H,4-6,9-10,14H2,1-3H3. The van der Waals surface area contributed by atoms with Crippen molar-refractivity contribution in [1.82, 2.24) is 4.98 Å². The van der Waals surface area contributed by atoms with Crippen LogP contribution in [-0.2, 0) is 0 Å². The highest BCUT2D eigenvalue weighted by Crippen LogP contribution is 2.22. The van der Waals surface area contributed by atoms with Gasteiger partial charge in [0, 0.05) is 13.6 Å². The molecule has 0 saturated heterocycles. The fourth-order valence-corrected chi connectivity index (χ4v) is 1.48. The van der Waals surface area contributed by atoms with Crippen LogP contribution in [0.25, 0.3) is 0 Å². The highest BCUT2D eigenvalue weighted by molar-refractivity contribution is 5.54. The topological polar surface area (TPSA) is 51.4 Å². The molecule has 0 aliphatic carbocycles. The Morgan fingerprint density at radius 3 is 2.71 bits per heavy atom. The van der Waals surface area contributed by atoms with Crippen LogP contribution in [0, 0.1) is 0 Å². The molecule has 1 aromatic heterocycles. The van der Waals surface area contributed by atoms with Gasteiger partial charge in [0.15, 0.2) is 0 Å². The highest BCUT2D eigenvalue weighted by atomic mass is 16.5. The number of hydrogen-bond acceptors (Lipinski definition) is 4. The van der Waals surface area contributed by atoms with E-state index in [1.165, 1.54) is 6.42 Å². The van der Waals surface area contributed by atoms with Crippen molar-refractivity contribution in [2.75, 3.05) is 30.8 Å². The molecule has 1 heterocycles. The van der Waals surface area contributed by atoms with Crippen LogP contribution in [0.1, 0.15) is 33.1 Å². The Morgan fingerprint density at radius 2 is 2.06 bits per heavy atom. The second-order valence-electron chi connectivity index (χ2n) is 4.19. The number of aromatic nitrogens is 1. The van der Waals surface area contributed by atoms with Crippen LogP contribution in [0.5, 0.6) is 5.88 Å². The number of nitrogens with zero attached hydrogens (tertiary/aromatic N) is 2. The molecule has 1 rings (SSSR count). The van der Waals surface area contributed by atoms with E-state index in [9.17, 15) is 0 Å². The lowest BCUT2D eigenvalue weighted by Crippen LogP contribution is -2.20. The Balaban J connectivity index is 2.72. The van der Waals surface area contributed by atoms with E-state index in [0.717, 1.165) is 25.2 Å². The first-order valence-electron chi connectivity index (χ1n) is 6.29. The Morgan fingerprint density at radius 1 is 1.29 bits per heavy atom. The zero-order valence-corrected chi connectivity index (χ0v) is 11.1. The highest BCUT2D eigenvalue weighted by Gasteiger charge is 2.07. The molecule has 0 radical (unpaired) electrons. The van der Waals surface area contributed by atoms with Gasteiger partial charge in [-0.3, -0.25) is 0 Å². The maximum atomic E-state index is 5.82. The van der Waals surface area contributed by atoms with E-state index in [-0.39, 0.29) is 0 Å². The summed E-state index contributed by atoms with van der Waals surface area (Å²) in [6, 6.07) is 3.79. The van der Waals surface area contributed by atoms with Crippen LogP contribution < -0.4 is 15.4 Å². The molecule has 0 atom stereocenters. The van der Waals surface area contributed by atoms with Crippen LogP contribution in [0.2, 0.25) is 0 Å². The molecular formula is C13H23N3O. The number of ether oxygens (including phenoxy) is 1. The van der Waals surface area contributed by atoms with E-state index in [2.05, 4.69) is 23.7 Å². The van der Waals surface area contributed by atoms with Gasteiger partial charge < -0.3 is 15.4 Å². The van der Waals surface area contributed by atoms with Gasteiger partial charge in [0.2, 0.25) is 5.88 Å². The number of nitrogen functional groups attached to an aromatic ring is 1. The normalized spacial score (nSPS) is 10.3. The smallest absolute Gasteiger partial charge is 0.239 e. The van der Waals surface area contributed by atoms with Crippen molar-refractivity contribution in [3.05, 3.63) is 12.1 Å². The molecule has 0 spiro atoms. The van der Waals surface area contributed by atoms with Crippen LogP contribution in [-0.4, -0.2) is 25.2 Å². The summed E-state index contributed by atoms with van der Waals surface area (Å²) in [5.74, 6) is 1.46. The Hall–Kier alpha value is -1.45. The van der Waals surface area contributed by atoms with Crippen molar-refractivity contribution >= 4 is 11.5 Å². The van der Waals surface area contributed by atoms with E-state index in [4.69, 9.17) is 10.5 Å². The Kier molecular flexibility index (Phi) is 5.60. The quantitative estimate of drug-likeness (QED) is 0.792. The molecule has 4 heteroatoms. The van der Waals surface area contributed by atoms with Crippen LogP contribution in [0.4, 0.5) is 11.5 Å². The molecule has 0 aliphatic rings. The SMILES string of the molecule is CCCCN(C)c1ccc(N)c(OCCC)n1. The summed E-state index contributed by atoms with van der Waals surface area (Å²) >= 11 is 0. The third-order valence-electron chi connectivity index (χ3n) is 2.56. The molecule has 0 saturated carbocycles. The first kappa shape index (κ1) is 13.6. The van der Waals surface area contributed by atoms with Gasteiger partial charge in [-0.15, -0.1) is 0 Å². The number of unbranched alkanes of at least 4 members (excludes halogenated alkanes) is 1. The molecular weight excluding hydrogens is 214 g/mol. The number of anilines is 2. The predicted molar refractivity (Wildman–Crippen MR) is 72.6 cm³/mol. The summed E-state index contributed by atoms with van der Waals surface area (Å²) in [6.45, 7) is 5.90. The number of nitrogens with two attached hydrogens (primary N) is 1. The molecule has 1 aromatic rings. The van der Waals surface area contributed by atoms with E-state index in [1.54, 1.807) is 0 Å². The zero-order valence-electron chi connectivity index (χ0n) is 11.1. The van der Waals surface area contributed by atoms with Gasteiger partial charge in [0.1, 0.15) is 5.82 Å². The van der Waals surface area contributed by atoms with Gasteiger partial charge in [0.25, 0.3) is 0 Å². The van der Waals surface area contributed by atoms with Crippen molar-refractivity contribution in [2.24, 2.45) is 0 Å². The molecule has 17 heavy (non-hydrogen) atoms. The maximum Gasteiger partial charge on any atom is 0.239 e. The predicted octanol–water partition coefficient (Wildman–Crippen LogP) is 2.69. The minimum absolute atomic E-state index is 0.549. The van der Waals surface area contributed by atoms with Gasteiger partial charge in [-0.25, -0.2) is 0 Å². The number of rotatable bonds is 7. The monoisotopic (exact) mass is 237 g/mol. The van der Waals surface area contributed by atoms with Gasteiger partial charge in [-0.2, -0.15) is 4.98 Å². The van der Waals surface area contributed by atoms with Gasteiger partial charge in [-0.05, 0) is 25.0 Å². The summed E-state index contributed by atoms with van der Waals surface area (Å²) in [4.78, 5) is 6.57. The van der Waals surface area contributed by atoms with Gasteiger partial charge in [0.05, 0.1) is 12.3 Å². The average Bonchev–Trinajstić information content (AvgIpc) is 2.35. The lowest BCUT2D eigenvalue weighted by Gasteiger charge is -2.19. The van der Waals surface area contributed by atoms with Crippen LogP contribution in [0.15, 0.2) is 12.1 Å². The molecule has 0 bridgehead atoms. The second-order valence-corrected chi connectivity index (χ2v) is 4.19. The summed E-state index contributed by atoms with van der Waals surface area (Å²) < 4.78 is 5.52. The molecule has 4 nitrogen and oxygen atoms in total. The zero-order chi connectivity index (χ0) is 12.7. The lowest BCUT2D eigenvalue weighted by atomic mass is 10.3. The molecule has 0 amide bonds. The minimum Gasteiger partial charge on any atom is -0.476 e. The first-order valence-corrected chi connectivity index (χ1v) is 6.29. The third kappa shape index (κ3) is 4.13. The molecule has 2 N–H and O–H groups in total. The van der Waals surface area contributed by atoms with Crippen molar-refractivity contribution in [3.63, 3.8) is 0 Å². The maximum absolute atomic E-state index is 5.82. The molecule has 0 aromatic carbocycles. The van der Waals surface area contributed by atoms with Crippen LogP contribution >= 0.6 is 0 Å². The van der Waals surface area contributed by atoms with Crippen molar-refractivity contribution < 1.29 is 4.74 Å². The summed E-state index contributed by atoms with van der Waals surface area (Å²) in [5, 5.41) is 0. The summed E-state index contributed by atoms with van der Waals surface area (Å²) in [6.07, 6.45) is 3.29. The van der Waals surface area contributed by atoms with Gasteiger partial charge in [-0.1, -0.05) is 20.3 Å². The molecule has 96 valence electrons. The number of hydrogen-bond donors (Lipinski definition) is 1. The molecule has 0 unspecified atom stereocenters. The van der Waals surface area contributed by atoms with Crippen molar-refractivity contribution in [3.8, 4) is 5.88 Å². The van der Waals surface area contributed by atoms with E-state index in [0.29, 0.717) is 18.2 Å². The fourth-order valence-electron chi connectivity index (χ4n) is 1.48. The Bertz CT molecular complexity index is 341. The van der Waals surface area contributed by atoms with Crippen molar-refractivity contribution in [1.29, 1.82) is 0 Å². The summed E-state index contributed by atoms with van der Waals surface area (Å²) in [7, 11) is 2.04. The molecule has 0 fully saturated rings. The minimum atomic E-state index is 0.549. The van der Waals surface area contributed by atoms with Gasteiger partial charge >= 0.3 is 0 Å². The average molecular weight is 237 g/mol. The largest absolute Gasteiger partial charge is 0.476 e. The van der Waals surface area contributed by atoms with Crippen molar-refractivity contribution in [2.45, 2.75) is 33.1 Å². The second kappa shape index (κ2) is 6.99. The molecule has 0 aliphatic heterocycles. The van der Waals surface area contributed by atoms with E-state index < -0.39 is 0 Å².